The number of nitrogens with one attached hydrogen (secondary N) is 1. The van der Waals surface area contributed by atoms with Crippen molar-refractivity contribution in [3.05, 3.63) is 33.0 Å². The maximum absolute atomic E-state index is 4.65. The number of hydrogen-bond acceptors (Lipinski definition) is 5. The Kier molecular flexibility index (Phi) is 3.50. The molecule has 0 fully saturated rings. The minimum Gasteiger partial charge on any atom is -0.343 e. The molecule has 0 aliphatic rings. The summed E-state index contributed by atoms with van der Waals surface area (Å²) in [4.78, 5) is 5.22. The molecule has 6 heteroatoms. The van der Waals surface area contributed by atoms with E-state index < -0.39 is 0 Å². The maximum atomic E-state index is 4.65. The average molecular weight is 288 g/mol. The summed E-state index contributed by atoms with van der Waals surface area (Å²) in [6.07, 6.45) is 1.34. The fraction of sp³-hybridized carbons (Fsp3) is 0.333. The van der Waals surface area contributed by atoms with Gasteiger partial charge in [0.05, 0.1) is 10.3 Å². The third-order valence-electron chi connectivity index (χ3n) is 1.99. The normalized spacial score (nSPS) is 12.9. The summed E-state index contributed by atoms with van der Waals surface area (Å²) >= 11 is 5.16. The zero-order chi connectivity index (χ0) is 10.7. The summed E-state index contributed by atoms with van der Waals surface area (Å²) in [5.41, 5.74) is 0. The second-order valence-electron chi connectivity index (χ2n) is 3.09. The van der Waals surface area contributed by atoms with Gasteiger partial charge in [-0.15, -0.1) is 11.3 Å². The van der Waals surface area contributed by atoms with Gasteiger partial charge >= 0.3 is 0 Å². The molecule has 0 saturated heterocycles. The molecule has 0 amide bonds. The van der Waals surface area contributed by atoms with Crippen LogP contribution in [0.15, 0.2) is 26.8 Å². The molecule has 0 spiro atoms. The van der Waals surface area contributed by atoms with Gasteiger partial charge in [-0.25, -0.2) is 0 Å². The van der Waals surface area contributed by atoms with E-state index >= 15 is 0 Å². The summed E-state index contributed by atoms with van der Waals surface area (Å²) < 4.78 is 5.79. The monoisotopic (exact) mass is 287 g/mol. The van der Waals surface area contributed by atoms with Gasteiger partial charge in [0, 0.05) is 10.9 Å². The van der Waals surface area contributed by atoms with Crippen molar-refractivity contribution in [3.63, 3.8) is 0 Å². The van der Waals surface area contributed by atoms with Gasteiger partial charge in [-0.2, -0.15) is 4.98 Å². The molecule has 0 bridgehead atoms. The third kappa shape index (κ3) is 2.87. The topological polar surface area (TPSA) is 51.0 Å². The van der Waals surface area contributed by atoms with Crippen molar-refractivity contribution in [3.8, 4) is 0 Å². The summed E-state index contributed by atoms with van der Waals surface area (Å²) in [7, 11) is 0. The molecule has 0 aliphatic carbocycles. The molecule has 2 aromatic heterocycles. The fourth-order valence-corrected chi connectivity index (χ4v) is 2.63. The van der Waals surface area contributed by atoms with Crippen LogP contribution in [0.4, 0.5) is 0 Å². The molecule has 80 valence electrons. The predicted octanol–water partition coefficient (Wildman–Crippen LogP) is 2.74. The molecule has 1 atom stereocenters. The Morgan fingerprint density at radius 3 is 3.07 bits per heavy atom. The van der Waals surface area contributed by atoms with Crippen molar-refractivity contribution >= 4 is 27.3 Å². The molecule has 15 heavy (non-hydrogen) atoms. The van der Waals surface area contributed by atoms with Crippen LogP contribution in [0, 0.1) is 0 Å². The lowest BCUT2D eigenvalue weighted by Gasteiger charge is -2.09. The minimum atomic E-state index is 0.291. The van der Waals surface area contributed by atoms with E-state index in [1.807, 2.05) is 6.07 Å². The second kappa shape index (κ2) is 4.87. The van der Waals surface area contributed by atoms with Crippen molar-refractivity contribution in [2.24, 2.45) is 0 Å². The van der Waals surface area contributed by atoms with Crippen molar-refractivity contribution in [1.29, 1.82) is 0 Å². The zero-order valence-electron chi connectivity index (χ0n) is 8.11. The highest BCUT2D eigenvalue weighted by molar-refractivity contribution is 9.11. The van der Waals surface area contributed by atoms with E-state index in [0.29, 0.717) is 18.4 Å². The van der Waals surface area contributed by atoms with Crippen LogP contribution < -0.4 is 5.32 Å². The molecule has 2 aromatic rings. The lowest BCUT2D eigenvalue weighted by atomic mass is 10.3. The minimum absolute atomic E-state index is 0.291. The molecule has 0 saturated carbocycles. The Labute approximate surface area is 99.8 Å². The first-order valence-corrected chi connectivity index (χ1v) is 6.10. The number of aromatic nitrogens is 2. The number of rotatable bonds is 4. The van der Waals surface area contributed by atoms with Gasteiger partial charge in [-0.1, -0.05) is 5.16 Å². The van der Waals surface area contributed by atoms with Crippen LogP contribution in [0.5, 0.6) is 0 Å². The SMILES string of the molecule is CC(NCc1ncon1)c1ccc(Br)s1. The second-order valence-corrected chi connectivity index (χ2v) is 5.59. The lowest BCUT2D eigenvalue weighted by Crippen LogP contribution is -2.17. The van der Waals surface area contributed by atoms with E-state index in [2.05, 4.69) is 48.9 Å². The van der Waals surface area contributed by atoms with Crippen molar-refractivity contribution in [2.75, 3.05) is 0 Å². The lowest BCUT2D eigenvalue weighted by molar-refractivity contribution is 0.405. The molecule has 2 rings (SSSR count). The molecule has 0 aromatic carbocycles. The highest BCUT2D eigenvalue weighted by atomic mass is 79.9. The number of thiophene rings is 1. The number of hydrogen-bond donors (Lipinski definition) is 1. The van der Waals surface area contributed by atoms with Crippen LogP contribution in [0.2, 0.25) is 0 Å². The maximum Gasteiger partial charge on any atom is 0.213 e. The van der Waals surface area contributed by atoms with Crippen LogP contribution in [0.25, 0.3) is 0 Å². The number of halogens is 1. The van der Waals surface area contributed by atoms with Gasteiger partial charge in [0.25, 0.3) is 0 Å². The van der Waals surface area contributed by atoms with E-state index in [0.717, 1.165) is 3.79 Å². The fourth-order valence-electron chi connectivity index (χ4n) is 1.18. The molecule has 2 heterocycles. The van der Waals surface area contributed by atoms with Gasteiger partial charge in [0.15, 0.2) is 5.82 Å². The third-order valence-corrected chi connectivity index (χ3v) is 3.80. The quantitative estimate of drug-likeness (QED) is 0.940. The molecule has 4 nitrogen and oxygen atoms in total. The summed E-state index contributed by atoms with van der Waals surface area (Å²) in [5.74, 6) is 0.678. The first-order chi connectivity index (χ1) is 7.25. The van der Waals surface area contributed by atoms with Crippen LogP contribution in [0.1, 0.15) is 23.7 Å². The number of nitrogens with zero attached hydrogens (tertiary/aromatic N) is 2. The summed E-state index contributed by atoms with van der Waals surface area (Å²) in [6, 6.07) is 4.44. The van der Waals surface area contributed by atoms with Crippen LogP contribution in [-0.2, 0) is 6.54 Å². The smallest absolute Gasteiger partial charge is 0.213 e. The van der Waals surface area contributed by atoms with Gasteiger partial charge in [-0.3, -0.25) is 0 Å². The van der Waals surface area contributed by atoms with Crippen LogP contribution >= 0.6 is 27.3 Å². The van der Waals surface area contributed by atoms with Crippen molar-refractivity contribution in [1.82, 2.24) is 15.5 Å². The van der Waals surface area contributed by atoms with Crippen molar-refractivity contribution < 1.29 is 4.52 Å². The van der Waals surface area contributed by atoms with Crippen molar-refractivity contribution in [2.45, 2.75) is 19.5 Å². The average Bonchev–Trinajstić information content (AvgIpc) is 2.84. The first kappa shape index (κ1) is 10.8. The van der Waals surface area contributed by atoms with E-state index in [-0.39, 0.29) is 0 Å². The Morgan fingerprint density at radius 1 is 1.60 bits per heavy atom. The Hall–Kier alpha value is -0.720. The Bertz CT molecular complexity index is 415. The molecule has 1 unspecified atom stereocenters. The Balaban J connectivity index is 1.90. The van der Waals surface area contributed by atoms with Gasteiger partial charge in [-0.05, 0) is 35.0 Å². The first-order valence-electron chi connectivity index (χ1n) is 4.49. The van der Waals surface area contributed by atoms with E-state index in [1.165, 1.54) is 11.3 Å². The van der Waals surface area contributed by atoms with Crippen LogP contribution in [-0.4, -0.2) is 10.1 Å². The van der Waals surface area contributed by atoms with E-state index in [9.17, 15) is 0 Å². The summed E-state index contributed by atoms with van der Waals surface area (Å²) in [5, 5.41) is 7.05. The van der Waals surface area contributed by atoms with E-state index in [4.69, 9.17) is 0 Å². The van der Waals surface area contributed by atoms with Crippen LogP contribution in [0.3, 0.4) is 0 Å². The molecule has 0 radical (unpaired) electrons. The van der Waals surface area contributed by atoms with Gasteiger partial charge in [0.1, 0.15) is 0 Å². The molecular formula is C9H10BrN3OS. The highest BCUT2D eigenvalue weighted by Crippen LogP contribution is 2.26. The molecule has 0 aliphatic heterocycles. The Morgan fingerprint density at radius 2 is 2.47 bits per heavy atom. The van der Waals surface area contributed by atoms with E-state index in [1.54, 1.807) is 11.3 Å². The standard InChI is InChI=1S/C9H10BrN3OS/c1-6(7-2-3-8(10)15-7)11-4-9-12-5-14-13-9/h2-3,5-6,11H,4H2,1H3. The van der Waals surface area contributed by atoms with Gasteiger partial charge < -0.3 is 9.84 Å². The highest BCUT2D eigenvalue weighted by Gasteiger charge is 2.08. The van der Waals surface area contributed by atoms with Gasteiger partial charge in [0.2, 0.25) is 6.39 Å². The molecular weight excluding hydrogens is 278 g/mol. The summed E-state index contributed by atoms with van der Waals surface area (Å²) in [6.45, 7) is 2.73. The molecule has 1 N–H and O–H groups in total. The predicted molar refractivity (Wildman–Crippen MR) is 61.6 cm³/mol. The zero-order valence-corrected chi connectivity index (χ0v) is 10.5. The largest absolute Gasteiger partial charge is 0.343 e.